The number of fused-ring (bicyclic) bond motifs is 1. The molecule has 1 atom stereocenters. The normalized spacial score (nSPS) is 20.6. The quantitative estimate of drug-likeness (QED) is 0.711. The van der Waals surface area contributed by atoms with Crippen LogP contribution in [-0.4, -0.2) is 13.6 Å². The average molecular weight is 190 g/mol. The van der Waals surface area contributed by atoms with Crippen molar-refractivity contribution in [2.75, 3.05) is 24.2 Å². The zero-order valence-electron chi connectivity index (χ0n) is 8.93. The van der Waals surface area contributed by atoms with Gasteiger partial charge in [-0.1, -0.05) is 13.0 Å². The van der Waals surface area contributed by atoms with Gasteiger partial charge in [-0.25, -0.2) is 0 Å². The van der Waals surface area contributed by atoms with Crippen LogP contribution in [0.15, 0.2) is 18.2 Å². The first-order valence-electron chi connectivity index (χ1n) is 5.37. The van der Waals surface area contributed by atoms with Crippen molar-refractivity contribution >= 4 is 11.4 Å². The van der Waals surface area contributed by atoms with Gasteiger partial charge in [-0.05, 0) is 36.5 Å². The van der Waals surface area contributed by atoms with Gasteiger partial charge in [0.05, 0.1) is 0 Å². The Bertz CT molecular complexity index is 320. The fraction of sp³-hybridized carbons (Fsp3) is 0.500. The van der Waals surface area contributed by atoms with Crippen molar-refractivity contribution in [2.45, 2.75) is 25.7 Å². The second-order valence-electron chi connectivity index (χ2n) is 4.02. The first kappa shape index (κ1) is 9.38. The van der Waals surface area contributed by atoms with Crippen LogP contribution in [0.2, 0.25) is 0 Å². The summed E-state index contributed by atoms with van der Waals surface area (Å²) in [4.78, 5) is 0. The number of nitrogens with one attached hydrogen (secondary N) is 2. The maximum Gasteiger partial charge on any atom is 0.0396 e. The largest absolute Gasteiger partial charge is 0.388 e. The predicted molar refractivity (Wildman–Crippen MR) is 62.1 cm³/mol. The molecule has 2 rings (SSSR count). The summed E-state index contributed by atoms with van der Waals surface area (Å²) in [6.45, 7) is 3.41. The van der Waals surface area contributed by atoms with Gasteiger partial charge in [-0.2, -0.15) is 0 Å². The zero-order chi connectivity index (χ0) is 9.97. The van der Waals surface area contributed by atoms with Gasteiger partial charge in [0.2, 0.25) is 0 Å². The first-order valence-corrected chi connectivity index (χ1v) is 5.37. The molecule has 0 aliphatic carbocycles. The molecule has 2 heteroatoms. The van der Waals surface area contributed by atoms with Crippen LogP contribution in [0.3, 0.4) is 0 Å². The van der Waals surface area contributed by atoms with Gasteiger partial charge in [0.1, 0.15) is 0 Å². The Hall–Kier alpha value is -1.18. The Morgan fingerprint density at radius 1 is 1.43 bits per heavy atom. The Kier molecular flexibility index (Phi) is 2.62. The molecule has 1 unspecified atom stereocenters. The second-order valence-corrected chi connectivity index (χ2v) is 4.02. The van der Waals surface area contributed by atoms with Gasteiger partial charge in [0.15, 0.2) is 0 Å². The van der Waals surface area contributed by atoms with E-state index in [1.54, 1.807) is 0 Å². The van der Waals surface area contributed by atoms with Gasteiger partial charge in [-0.3, -0.25) is 0 Å². The standard InChI is InChI=1S/C12H18N2/c1-9-4-3-7-14-12-8-10(13-2)5-6-11(9)12/h5-6,8-9,13-14H,3-4,7H2,1-2H3. The van der Waals surface area contributed by atoms with E-state index in [1.807, 2.05) is 7.05 Å². The first-order chi connectivity index (χ1) is 6.81. The van der Waals surface area contributed by atoms with Gasteiger partial charge < -0.3 is 10.6 Å². The molecule has 1 heterocycles. The van der Waals surface area contributed by atoms with E-state index in [9.17, 15) is 0 Å². The van der Waals surface area contributed by atoms with E-state index >= 15 is 0 Å². The molecule has 0 bridgehead atoms. The molecule has 1 aliphatic heterocycles. The molecule has 0 radical (unpaired) electrons. The molecule has 76 valence electrons. The molecule has 0 saturated heterocycles. The van der Waals surface area contributed by atoms with Crippen LogP contribution in [0.25, 0.3) is 0 Å². The molecule has 0 amide bonds. The highest BCUT2D eigenvalue weighted by molar-refractivity contribution is 5.62. The summed E-state index contributed by atoms with van der Waals surface area (Å²) >= 11 is 0. The number of hydrogen-bond acceptors (Lipinski definition) is 2. The molecular formula is C12H18N2. The maximum absolute atomic E-state index is 3.49. The minimum absolute atomic E-state index is 0.686. The molecule has 2 nitrogen and oxygen atoms in total. The van der Waals surface area contributed by atoms with Crippen LogP contribution in [0.1, 0.15) is 31.2 Å². The Balaban J connectivity index is 2.38. The third-order valence-electron chi connectivity index (χ3n) is 3.00. The third kappa shape index (κ3) is 1.69. The van der Waals surface area contributed by atoms with E-state index in [4.69, 9.17) is 0 Å². The summed E-state index contributed by atoms with van der Waals surface area (Å²) in [5.74, 6) is 0.686. The highest BCUT2D eigenvalue weighted by Gasteiger charge is 2.14. The number of benzene rings is 1. The van der Waals surface area contributed by atoms with Gasteiger partial charge >= 0.3 is 0 Å². The molecule has 0 saturated carbocycles. The van der Waals surface area contributed by atoms with E-state index in [0.717, 1.165) is 6.54 Å². The highest BCUT2D eigenvalue weighted by atomic mass is 14.9. The fourth-order valence-electron chi connectivity index (χ4n) is 2.08. The topological polar surface area (TPSA) is 24.1 Å². The average Bonchev–Trinajstić information content (AvgIpc) is 2.40. The molecule has 1 aliphatic rings. The van der Waals surface area contributed by atoms with Crippen molar-refractivity contribution in [3.8, 4) is 0 Å². The van der Waals surface area contributed by atoms with E-state index in [1.165, 1.54) is 29.8 Å². The summed E-state index contributed by atoms with van der Waals surface area (Å²) in [6, 6.07) is 6.60. The van der Waals surface area contributed by atoms with E-state index in [-0.39, 0.29) is 0 Å². The van der Waals surface area contributed by atoms with E-state index in [2.05, 4.69) is 35.8 Å². The van der Waals surface area contributed by atoms with Gasteiger partial charge in [0, 0.05) is 25.0 Å². The smallest absolute Gasteiger partial charge is 0.0396 e. The Labute approximate surface area is 85.7 Å². The van der Waals surface area contributed by atoms with Crippen molar-refractivity contribution in [3.63, 3.8) is 0 Å². The zero-order valence-corrected chi connectivity index (χ0v) is 8.93. The number of hydrogen-bond donors (Lipinski definition) is 2. The van der Waals surface area contributed by atoms with Crippen molar-refractivity contribution in [1.82, 2.24) is 0 Å². The highest BCUT2D eigenvalue weighted by Crippen LogP contribution is 2.32. The van der Waals surface area contributed by atoms with Crippen LogP contribution >= 0.6 is 0 Å². The summed E-state index contributed by atoms with van der Waals surface area (Å²) in [5.41, 5.74) is 3.95. The van der Waals surface area contributed by atoms with Gasteiger partial charge in [0.25, 0.3) is 0 Å². The van der Waals surface area contributed by atoms with Crippen molar-refractivity contribution in [2.24, 2.45) is 0 Å². The summed E-state index contributed by atoms with van der Waals surface area (Å²) in [6.07, 6.45) is 2.56. The summed E-state index contributed by atoms with van der Waals surface area (Å²) in [5, 5.41) is 6.66. The molecule has 14 heavy (non-hydrogen) atoms. The van der Waals surface area contributed by atoms with Crippen LogP contribution in [0, 0.1) is 0 Å². The van der Waals surface area contributed by atoms with Crippen molar-refractivity contribution < 1.29 is 0 Å². The lowest BCUT2D eigenvalue weighted by Crippen LogP contribution is -2.00. The van der Waals surface area contributed by atoms with Crippen LogP contribution in [0.4, 0.5) is 11.4 Å². The van der Waals surface area contributed by atoms with Crippen molar-refractivity contribution in [1.29, 1.82) is 0 Å². The minimum Gasteiger partial charge on any atom is -0.388 e. The molecule has 1 aromatic rings. The van der Waals surface area contributed by atoms with E-state index < -0.39 is 0 Å². The fourth-order valence-corrected chi connectivity index (χ4v) is 2.08. The van der Waals surface area contributed by atoms with Crippen molar-refractivity contribution in [3.05, 3.63) is 23.8 Å². The minimum atomic E-state index is 0.686. The SMILES string of the molecule is CNc1ccc2c(c1)NCCCC2C. The summed E-state index contributed by atoms with van der Waals surface area (Å²) in [7, 11) is 1.96. The molecule has 0 aromatic heterocycles. The molecule has 0 spiro atoms. The molecule has 2 N–H and O–H groups in total. The monoisotopic (exact) mass is 190 g/mol. The molecular weight excluding hydrogens is 172 g/mol. The lowest BCUT2D eigenvalue weighted by atomic mass is 9.96. The lowest BCUT2D eigenvalue weighted by molar-refractivity contribution is 0.668. The van der Waals surface area contributed by atoms with E-state index in [0.29, 0.717) is 5.92 Å². The van der Waals surface area contributed by atoms with Gasteiger partial charge in [-0.15, -0.1) is 0 Å². The van der Waals surface area contributed by atoms with Crippen LogP contribution < -0.4 is 10.6 Å². The second kappa shape index (κ2) is 3.91. The molecule has 0 fully saturated rings. The van der Waals surface area contributed by atoms with Crippen LogP contribution in [0.5, 0.6) is 0 Å². The maximum atomic E-state index is 3.49. The molecule has 1 aromatic carbocycles. The predicted octanol–water partition coefficient (Wildman–Crippen LogP) is 3.04. The summed E-state index contributed by atoms with van der Waals surface area (Å²) < 4.78 is 0. The Morgan fingerprint density at radius 2 is 2.29 bits per heavy atom. The lowest BCUT2D eigenvalue weighted by Gasteiger charge is -2.13. The number of anilines is 2. The van der Waals surface area contributed by atoms with Crippen LogP contribution in [-0.2, 0) is 0 Å². The Morgan fingerprint density at radius 3 is 3.07 bits per heavy atom. The third-order valence-corrected chi connectivity index (χ3v) is 3.00. The number of rotatable bonds is 1.